The molecule has 2 rings (SSSR count). The van der Waals surface area contributed by atoms with Crippen LogP contribution >= 0.6 is 0 Å². The average molecular weight is 286 g/mol. The molecule has 1 aromatic rings. The van der Waals surface area contributed by atoms with Crippen molar-refractivity contribution in [3.63, 3.8) is 0 Å². The first kappa shape index (κ1) is 14.3. The molecule has 0 fully saturated rings. The summed E-state index contributed by atoms with van der Waals surface area (Å²) in [5, 5.41) is 2.66. The van der Waals surface area contributed by atoms with Crippen LogP contribution in [0.3, 0.4) is 0 Å². The first-order chi connectivity index (χ1) is 9.36. The molecule has 8 heteroatoms. The highest BCUT2D eigenvalue weighted by molar-refractivity contribution is 5.93. The van der Waals surface area contributed by atoms with Crippen molar-refractivity contribution in [3.8, 4) is 0 Å². The number of carbonyl (C=O) groups excluding carboxylic acids is 1. The summed E-state index contributed by atoms with van der Waals surface area (Å²) in [6.07, 6.45) is -2.99. The minimum atomic E-state index is -2.99. The monoisotopic (exact) mass is 286 g/mol. The third-order valence-electron chi connectivity index (χ3n) is 3.12. The van der Waals surface area contributed by atoms with Gasteiger partial charge in [0.15, 0.2) is 5.54 Å². The molecule has 20 heavy (non-hydrogen) atoms. The van der Waals surface area contributed by atoms with Gasteiger partial charge in [0.2, 0.25) is 5.91 Å². The van der Waals surface area contributed by atoms with Crippen molar-refractivity contribution < 1.29 is 18.0 Å². The maximum atomic E-state index is 13.9. The fourth-order valence-electron chi connectivity index (χ4n) is 2.13. The highest BCUT2D eigenvalue weighted by Gasteiger charge is 2.45. The highest BCUT2D eigenvalue weighted by Crippen LogP contribution is 2.35. The summed E-state index contributed by atoms with van der Waals surface area (Å²) in [4.78, 5) is 14.9. The van der Waals surface area contributed by atoms with Gasteiger partial charge in [-0.2, -0.15) is 0 Å². The van der Waals surface area contributed by atoms with Crippen LogP contribution < -0.4 is 16.8 Å². The topological polar surface area (TPSA) is 93.5 Å². The summed E-state index contributed by atoms with van der Waals surface area (Å²) in [7, 11) is 0. The number of nitrogens with one attached hydrogen (secondary N) is 1. The number of aliphatic imine (C=N–C) groups is 1. The van der Waals surface area contributed by atoms with Crippen LogP contribution in [0.15, 0.2) is 23.2 Å². The second kappa shape index (κ2) is 5.12. The molecule has 1 atom stereocenters. The van der Waals surface area contributed by atoms with Gasteiger partial charge in [-0.25, -0.2) is 13.2 Å². The number of carbonyl (C=O) groups is 1. The zero-order valence-corrected chi connectivity index (χ0v) is 10.4. The van der Waals surface area contributed by atoms with Crippen molar-refractivity contribution in [1.82, 2.24) is 5.32 Å². The lowest BCUT2D eigenvalue weighted by Gasteiger charge is -2.34. The van der Waals surface area contributed by atoms with Crippen LogP contribution in [0.1, 0.15) is 15.9 Å². The van der Waals surface area contributed by atoms with E-state index in [4.69, 9.17) is 11.5 Å². The maximum Gasteiger partial charge on any atom is 0.268 e. The standard InChI is InChI=1S/C12H13F3N4O/c13-8-2-1-6(10(17)20)3-7(8)12(11(14)15)5-18-4-9(16)19-12/h1-3,11,18H,4-5H2,(H2,16,19)(H2,17,20)/t12-/m1/s1. The number of alkyl halides is 2. The summed E-state index contributed by atoms with van der Waals surface area (Å²) >= 11 is 0. The molecule has 1 aromatic carbocycles. The van der Waals surface area contributed by atoms with E-state index in [-0.39, 0.29) is 24.5 Å². The summed E-state index contributed by atoms with van der Waals surface area (Å²) in [6.45, 7) is -0.143. The summed E-state index contributed by atoms with van der Waals surface area (Å²) in [5.41, 5.74) is 7.93. The van der Waals surface area contributed by atoms with Gasteiger partial charge in [0.25, 0.3) is 6.43 Å². The summed E-state index contributed by atoms with van der Waals surface area (Å²) in [6, 6.07) is 3.04. The Kier molecular flexibility index (Phi) is 3.67. The number of halogens is 3. The highest BCUT2D eigenvalue weighted by atomic mass is 19.3. The number of amides is 1. The van der Waals surface area contributed by atoms with Gasteiger partial charge in [0, 0.05) is 17.7 Å². The molecular weight excluding hydrogens is 273 g/mol. The molecule has 1 heterocycles. The van der Waals surface area contributed by atoms with Crippen LogP contribution in [-0.4, -0.2) is 31.3 Å². The Hall–Kier alpha value is -2.09. The Labute approximate surface area is 112 Å². The molecule has 5 nitrogen and oxygen atoms in total. The second-order valence-corrected chi connectivity index (χ2v) is 4.49. The van der Waals surface area contributed by atoms with Gasteiger partial charge in [-0.3, -0.25) is 9.79 Å². The first-order valence-electron chi connectivity index (χ1n) is 5.80. The summed E-state index contributed by atoms with van der Waals surface area (Å²) in [5.74, 6) is -1.78. The molecule has 1 aliphatic rings. The molecule has 0 spiro atoms. The Bertz CT molecular complexity index is 576. The van der Waals surface area contributed by atoms with Gasteiger partial charge in [-0.15, -0.1) is 0 Å². The van der Waals surface area contributed by atoms with Gasteiger partial charge < -0.3 is 16.8 Å². The number of primary amides is 1. The number of amidine groups is 1. The van der Waals surface area contributed by atoms with Crippen LogP contribution in [0.2, 0.25) is 0 Å². The summed E-state index contributed by atoms with van der Waals surface area (Å²) < 4.78 is 40.9. The molecule has 0 unspecified atom stereocenters. The van der Waals surface area contributed by atoms with Gasteiger partial charge in [-0.1, -0.05) is 0 Å². The van der Waals surface area contributed by atoms with Crippen molar-refractivity contribution in [3.05, 3.63) is 35.1 Å². The van der Waals surface area contributed by atoms with Gasteiger partial charge in [0.1, 0.15) is 11.7 Å². The number of rotatable bonds is 3. The zero-order valence-electron chi connectivity index (χ0n) is 10.4. The maximum absolute atomic E-state index is 13.9. The number of benzene rings is 1. The Morgan fingerprint density at radius 2 is 2.15 bits per heavy atom. The van der Waals surface area contributed by atoms with Crippen molar-refractivity contribution in [2.75, 3.05) is 13.1 Å². The predicted molar refractivity (Wildman–Crippen MR) is 67.1 cm³/mol. The van der Waals surface area contributed by atoms with E-state index in [9.17, 15) is 18.0 Å². The smallest absolute Gasteiger partial charge is 0.268 e. The molecule has 0 aromatic heterocycles. The third-order valence-corrected chi connectivity index (χ3v) is 3.12. The first-order valence-corrected chi connectivity index (χ1v) is 5.80. The van der Waals surface area contributed by atoms with Crippen LogP contribution in [0, 0.1) is 5.82 Å². The number of nitrogens with zero attached hydrogens (tertiary/aromatic N) is 1. The molecule has 0 aliphatic carbocycles. The zero-order chi connectivity index (χ0) is 14.9. The lowest BCUT2D eigenvalue weighted by molar-refractivity contribution is 0.0490. The van der Waals surface area contributed by atoms with Crippen molar-refractivity contribution in [2.45, 2.75) is 12.0 Å². The second-order valence-electron chi connectivity index (χ2n) is 4.49. The molecule has 1 aliphatic heterocycles. The molecule has 1 amide bonds. The Morgan fingerprint density at radius 3 is 2.70 bits per heavy atom. The molecule has 0 bridgehead atoms. The van der Waals surface area contributed by atoms with Crippen LogP contribution in [-0.2, 0) is 5.54 Å². The van der Waals surface area contributed by atoms with Gasteiger partial charge in [0.05, 0.1) is 6.54 Å². The van der Waals surface area contributed by atoms with Crippen LogP contribution in [0.25, 0.3) is 0 Å². The fourth-order valence-corrected chi connectivity index (χ4v) is 2.13. The van der Waals surface area contributed by atoms with Crippen molar-refractivity contribution in [1.29, 1.82) is 0 Å². The van der Waals surface area contributed by atoms with E-state index in [1.807, 2.05) is 0 Å². The lowest BCUT2D eigenvalue weighted by Crippen LogP contribution is -2.51. The Morgan fingerprint density at radius 1 is 1.45 bits per heavy atom. The average Bonchev–Trinajstić information content (AvgIpc) is 2.38. The Balaban J connectivity index is 2.64. The van der Waals surface area contributed by atoms with E-state index in [0.717, 1.165) is 18.2 Å². The van der Waals surface area contributed by atoms with E-state index in [0.29, 0.717) is 0 Å². The molecule has 0 saturated heterocycles. The quantitative estimate of drug-likeness (QED) is 0.748. The van der Waals surface area contributed by atoms with E-state index in [1.165, 1.54) is 0 Å². The predicted octanol–water partition coefficient (Wildman–Crippen LogP) is 0.345. The third kappa shape index (κ3) is 2.34. The number of hydrogen-bond acceptors (Lipinski definition) is 4. The van der Waals surface area contributed by atoms with E-state index >= 15 is 0 Å². The van der Waals surface area contributed by atoms with Crippen molar-refractivity contribution >= 4 is 11.7 Å². The van der Waals surface area contributed by atoms with E-state index in [1.54, 1.807) is 0 Å². The molecule has 0 saturated carbocycles. The van der Waals surface area contributed by atoms with Crippen molar-refractivity contribution in [2.24, 2.45) is 16.5 Å². The molecule has 5 N–H and O–H groups in total. The minimum Gasteiger partial charge on any atom is -0.386 e. The van der Waals surface area contributed by atoms with E-state index in [2.05, 4.69) is 10.3 Å². The molecule has 0 radical (unpaired) electrons. The lowest BCUT2D eigenvalue weighted by atomic mass is 9.87. The number of nitrogens with two attached hydrogens (primary N) is 2. The normalized spacial score (nSPS) is 22.7. The molecule has 108 valence electrons. The van der Waals surface area contributed by atoms with Gasteiger partial charge >= 0.3 is 0 Å². The van der Waals surface area contributed by atoms with E-state index < -0.39 is 29.3 Å². The van der Waals surface area contributed by atoms with Crippen LogP contribution in [0.4, 0.5) is 13.2 Å². The van der Waals surface area contributed by atoms with Gasteiger partial charge in [-0.05, 0) is 18.2 Å². The molecular formula is C12H13F3N4O. The SMILES string of the molecule is NC(=O)c1ccc(F)c([C@@]2(C(F)F)CNCC(N)=N2)c1. The largest absolute Gasteiger partial charge is 0.386 e. The number of hydrogen-bond donors (Lipinski definition) is 3. The minimum absolute atomic E-state index is 0.0552. The van der Waals surface area contributed by atoms with Crippen LogP contribution in [0.5, 0.6) is 0 Å². The fraction of sp³-hybridized carbons (Fsp3) is 0.333.